The first-order valence-electron chi connectivity index (χ1n) is 6.78. The Kier molecular flexibility index (Phi) is 2.01. The largest absolute Gasteiger partial charge is 0.342 e. The highest BCUT2D eigenvalue weighted by molar-refractivity contribution is 5.95. The quantitative estimate of drug-likeness (QED) is 0.746. The molecule has 0 fully saturated rings. The number of nitrogens with one attached hydrogen (secondary N) is 1. The minimum absolute atomic E-state index is 0.491. The van der Waals surface area contributed by atoms with Gasteiger partial charge in [0.25, 0.3) is 0 Å². The molecule has 2 aromatic rings. The lowest BCUT2D eigenvalue weighted by molar-refractivity contribution is 0.469. The molecule has 1 N–H and O–H groups in total. The summed E-state index contributed by atoms with van der Waals surface area (Å²) in [5.74, 6) is 0.633. The SMILES string of the molecule is Cc1cc2cccc3c2n1CC1NCC(C)C=C31. The van der Waals surface area contributed by atoms with Gasteiger partial charge in [-0.2, -0.15) is 0 Å². The predicted molar refractivity (Wildman–Crippen MR) is 75.6 cm³/mol. The van der Waals surface area contributed by atoms with Gasteiger partial charge in [-0.25, -0.2) is 0 Å². The average Bonchev–Trinajstić information content (AvgIpc) is 2.69. The molecule has 0 saturated heterocycles. The van der Waals surface area contributed by atoms with E-state index in [1.54, 1.807) is 0 Å². The van der Waals surface area contributed by atoms with Gasteiger partial charge in [0, 0.05) is 29.7 Å². The van der Waals surface area contributed by atoms with E-state index in [0.717, 1.165) is 13.1 Å². The summed E-state index contributed by atoms with van der Waals surface area (Å²) in [6.45, 7) is 6.67. The van der Waals surface area contributed by atoms with Crippen LogP contribution in [0.3, 0.4) is 0 Å². The highest BCUT2D eigenvalue weighted by atomic mass is 15.1. The lowest BCUT2D eigenvalue weighted by atomic mass is 9.88. The molecule has 2 nitrogen and oxygen atoms in total. The second-order valence-electron chi connectivity index (χ2n) is 5.70. The van der Waals surface area contributed by atoms with Crippen molar-refractivity contribution in [3.05, 3.63) is 41.6 Å². The highest BCUT2D eigenvalue weighted by Crippen LogP contribution is 2.36. The van der Waals surface area contributed by atoms with Crippen molar-refractivity contribution in [2.45, 2.75) is 26.4 Å². The van der Waals surface area contributed by atoms with Gasteiger partial charge in [-0.1, -0.05) is 31.2 Å². The topological polar surface area (TPSA) is 17.0 Å². The van der Waals surface area contributed by atoms with Crippen LogP contribution in [0.5, 0.6) is 0 Å². The van der Waals surface area contributed by atoms with Crippen molar-refractivity contribution in [1.82, 2.24) is 9.88 Å². The number of hydrogen-bond acceptors (Lipinski definition) is 1. The third kappa shape index (κ3) is 1.27. The number of aromatic nitrogens is 1. The van der Waals surface area contributed by atoms with Crippen LogP contribution in [0.2, 0.25) is 0 Å². The van der Waals surface area contributed by atoms with E-state index in [9.17, 15) is 0 Å². The number of hydrogen-bond donors (Lipinski definition) is 1. The Morgan fingerprint density at radius 1 is 1.33 bits per heavy atom. The molecule has 0 spiro atoms. The van der Waals surface area contributed by atoms with Crippen molar-refractivity contribution in [2.75, 3.05) is 6.54 Å². The predicted octanol–water partition coefficient (Wildman–Crippen LogP) is 2.95. The molecule has 0 radical (unpaired) electrons. The maximum Gasteiger partial charge on any atom is 0.0559 e. The molecule has 2 heteroatoms. The summed E-state index contributed by atoms with van der Waals surface area (Å²) in [4.78, 5) is 0. The summed E-state index contributed by atoms with van der Waals surface area (Å²) in [6.07, 6.45) is 2.46. The zero-order valence-electron chi connectivity index (χ0n) is 10.9. The zero-order chi connectivity index (χ0) is 12.3. The summed E-state index contributed by atoms with van der Waals surface area (Å²) in [6, 6.07) is 9.48. The van der Waals surface area contributed by atoms with Crippen LogP contribution in [0.25, 0.3) is 16.5 Å². The van der Waals surface area contributed by atoms with E-state index < -0.39 is 0 Å². The normalized spacial score (nSPS) is 26.0. The van der Waals surface area contributed by atoms with E-state index in [4.69, 9.17) is 0 Å². The average molecular weight is 238 g/mol. The molecule has 4 rings (SSSR count). The van der Waals surface area contributed by atoms with Crippen LogP contribution in [0, 0.1) is 12.8 Å². The van der Waals surface area contributed by atoms with Crippen LogP contribution in [-0.2, 0) is 6.54 Å². The molecular formula is C16H18N2. The number of aryl methyl sites for hydroxylation is 1. The van der Waals surface area contributed by atoms with Crippen LogP contribution in [-0.4, -0.2) is 17.2 Å². The zero-order valence-corrected chi connectivity index (χ0v) is 10.9. The van der Waals surface area contributed by atoms with Crippen molar-refractivity contribution in [2.24, 2.45) is 5.92 Å². The van der Waals surface area contributed by atoms with E-state index in [0.29, 0.717) is 12.0 Å². The maximum absolute atomic E-state index is 3.68. The summed E-state index contributed by atoms with van der Waals surface area (Å²) in [7, 11) is 0. The third-order valence-electron chi connectivity index (χ3n) is 4.33. The second kappa shape index (κ2) is 3.48. The molecule has 0 aliphatic carbocycles. The van der Waals surface area contributed by atoms with E-state index in [1.165, 1.54) is 27.7 Å². The van der Waals surface area contributed by atoms with Gasteiger partial charge in [-0.3, -0.25) is 0 Å². The fraction of sp³-hybridized carbons (Fsp3) is 0.375. The van der Waals surface area contributed by atoms with Gasteiger partial charge in [-0.15, -0.1) is 0 Å². The van der Waals surface area contributed by atoms with Crippen LogP contribution in [0.4, 0.5) is 0 Å². The van der Waals surface area contributed by atoms with Gasteiger partial charge in [0.05, 0.1) is 11.6 Å². The molecule has 1 aromatic carbocycles. The van der Waals surface area contributed by atoms with Gasteiger partial charge in [0.2, 0.25) is 0 Å². The molecule has 2 unspecified atom stereocenters. The standard InChI is InChI=1S/C16H18N2/c1-10-6-14-13-5-3-4-12-7-11(2)18(16(12)13)9-15(14)17-8-10/h3-7,10,15,17H,8-9H2,1-2H3. The third-order valence-corrected chi connectivity index (χ3v) is 4.33. The van der Waals surface area contributed by atoms with E-state index in [-0.39, 0.29) is 0 Å². The molecule has 0 saturated carbocycles. The molecule has 2 aliphatic heterocycles. The van der Waals surface area contributed by atoms with Crippen LogP contribution in [0.15, 0.2) is 30.3 Å². The van der Waals surface area contributed by atoms with Gasteiger partial charge in [-0.05, 0) is 24.5 Å². The smallest absolute Gasteiger partial charge is 0.0559 e. The minimum Gasteiger partial charge on any atom is -0.342 e. The minimum atomic E-state index is 0.491. The van der Waals surface area contributed by atoms with Crippen molar-refractivity contribution < 1.29 is 0 Å². The summed E-state index contributed by atoms with van der Waals surface area (Å²) in [5, 5.41) is 5.06. The number of fused-ring (bicyclic) bond motifs is 2. The lowest BCUT2D eigenvalue weighted by Gasteiger charge is -2.34. The van der Waals surface area contributed by atoms with Gasteiger partial charge >= 0.3 is 0 Å². The first-order valence-corrected chi connectivity index (χ1v) is 6.78. The molecule has 0 bridgehead atoms. The molecule has 2 aliphatic rings. The molecule has 92 valence electrons. The highest BCUT2D eigenvalue weighted by Gasteiger charge is 2.28. The van der Waals surface area contributed by atoms with Crippen molar-refractivity contribution in [3.63, 3.8) is 0 Å². The summed E-state index contributed by atoms with van der Waals surface area (Å²) >= 11 is 0. The van der Waals surface area contributed by atoms with E-state index in [2.05, 4.69) is 54.1 Å². The Balaban J connectivity index is 2.06. The summed E-state index contributed by atoms with van der Waals surface area (Å²) < 4.78 is 2.47. The lowest BCUT2D eigenvalue weighted by Crippen LogP contribution is -2.42. The molecule has 0 amide bonds. The Bertz CT molecular complexity index is 663. The van der Waals surface area contributed by atoms with Gasteiger partial charge < -0.3 is 9.88 Å². The van der Waals surface area contributed by atoms with Crippen LogP contribution in [0.1, 0.15) is 18.2 Å². The first kappa shape index (κ1) is 10.4. The van der Waals surface area contributed by atoms with Crippen molar-refractivity contribution >= 4 is 16.5 Å². The van der Waals surface area contributed by atoms with Crippen molar-refractivity contribution in [3.8, 4) is 0 Å². The molecule has 1 aromatic heterocycles. The molecular weight excluding hydrogens is 220 g/mol. The fourth-order valence-electron chi connectivity index (χ4n) is 3.47. The molecule has 2 atom stereocenters. The number of benzene rings is 1. The Morgan fingerprint density at radius 3 is 3.11 bits per heavy atom. The van der Waals surface area contributed by atoms with Crippen LogP contribution >= 0.6 is 0 Å². The Hall–Kier alpha value is -1.54. The molecule has 18 heavy (non-hydrogen) atoms. The Labute approximate surface area is 107 Å². The fourth-order valence-corrected chi connectivity index (χ4v) is 3.47. The maximum atomic E-state index is 3.68. The molecule has 3 heterocycles. The van der Waals surface area contributed by atoms with E-state index in [1.807, 2.05) is 0 Å². The van der Waals surface area contributed by atoms with E-state index >= 15 is 0 Å². The number of rotatable bonds is 0. The second-order valence-corrected chi connectivity index (χ2v) is 5.70. The van der Waals surface area contributed by atoms with Gasteiger partial charge in [0.1, 0.15) is 0 Å². The monoisotopic (exact) mass is 238 g/mol. The Morgan fingerprint density at radius 2 is 2.22 bits per heavy atom. The van der Waals surface area contributed by atoms with Gasteiger partial charge in [0.15, 0.2) is 0 Å². The van der Waals surface area contributed by atoms with Crippen molar-refractivity contribution in [1.29, 1.82) is 0 Å². The first-order chi connectivity index (χ1) is 8.74. The van der Waals surface area contributed by atoms with Crippen LogP contribution < -0.4 is 5.32 Å². The number of nitrogens with zero attached hydrogens (tertiary/aromatic N) is 1. The summed E-state index contributed by atoms with van der Waals surface area (Å²) in [5.41, 5.74) is 5.73. The number of para-hydroxylation sites is 1.